The maximum absolute atomic E-state index is 6.07. The molecule has 3 aromatic carbocycles. The molecule has 0 aromatic heterocycles. The molecule has 0 bridgehead atoms. The summed E-state index contributed by atoms with van der Waals surface area (Å²) in [4.78, 5) is 0. The number of halogens is 1. The van der Waals surface area contributed by atoms with Crippen molar-refractivity contribution in [3.05, 3.63) is 88.4 Å². The van der Waals surface area contributed by atoms with Crippen LogP contribution in [0.5, 0.6) is 11.5 Å². The van der Waals surface area contributed by atoms with Crippen LogP contribution in [-0.2, 0) is 6.61 Å². The summed E-state index contributed by atoms with van der Waals surface area (Å²) in [6.45, 7) is 4.61. The third-order valence-electron chi connectivity index (χ3n) is 4.52. The number of nitrogens with one attached hydrogen (secondary N) is 1. The van der Waals surface area contributed by atoms with Crippen LogP contribution in [0.2, 0.25) is 5.02 Å². The maximum Gasteiger partial charge on any atom is 0.123 e. The molecule has 0 aliphatic heterocycles. The first-order valence-corrected chi connectivity index (χ1v) is 9.36. The molecule has 0 spiro atoms. The van der Waals surface area contributed by atoms with Crippen LogP contribution in [0, 0.1) is 6.92 Å². The summed E-state index contributed by atoms with van der Waals surface area (Å²) in [6.07, 6.45) is -0.0789. The molecule has 0 radical (unpaired) electrons. The summed E-state index contributed by atoms with van der Waals surface area (Å²) in [7, 11) is 1.92. The molecule has 140 valence electrons. The number of ether oxygens (including phenoxy) is 2. The fourth-order valence-electron chi connectivity index (χ4n) is 2.93. The van der Waals surface area contributed by atoms with Crippen LogP contribution in [0.3, 0.4) is 0 Å². The number of benzene rings is 3. The van der Waals surface area contributed by atoms with Gasteiger partial charge in [0.2, 0.25) is 0 Å². The summed E-state index contributed by atoms with van der Waals surface area (Å²) in [5.41, 5.74) is 4.51. The standard InChI is InChI=1S/C23H24ClNO2/c1-16-6-4-9-23(25-3)22(16)15-26-20-7-5-8-21(14-20)27-17(2)18-10-12-19(24)13-11-18/h4-14,17,25H,15H2,1-3H3. The molecule has 0 fully saturated rings. The summed E-state index contributed by atoms with van der Waals surface area (Å²) < 4.78 is 12.1. The summed E-state index contributed by atoms with van der Waals surface area (Å²) in [6, 6.07) is 21.6. The molecule has 0 aliphatic carbocycles. The molecule has 1 N–H and O–H groups in total. The lowest BCUT2D eigenvalue weighted by Gasteiger charge is -2.17. The number of aryl methyl sites for hydroxylation is 1. The molecular formula is C23H24ClNO2. The van der Waals surface area contributed by atoms with E-state index in [0.29, 0.717) is 6.61 Å². The van der Waals surface area contributed by atoms with Gasteiger partial charge in [-0.1, -0.05) is 41.9 Å². The minimum absolute atomic E-state index is 0.0789. The van der Waals surface area contributed by atoms with Gasteiger partial charge in [0.1, 0.15) is 24.2 Å². The van der Waals surface area contributed by atoms with E-state index in [9.17, 15) is 0 Å². The molecule has 0 amide bonds. The van der Waals surface area contributed by atoms with Crippen molar-refractivity contribution < 1.29 is 9.47 Å². The van der Waals surface area contributed by atoms with Crippen molar-refractivity contribution in [2.45, 2.75) is 26.6 Å². The first kappa shape index (κ1) is 19.1. The zero-order valence-corrected chi connectivity index (χ0v) is 16.6. The lowest BCUT2D eigenvalue weighted by atomic mass is 10.1. The molecule has 3 rings (SSSR count). The molecule has 3 aromatic rings. The van der Waals surface area contributed by atoms with Gasteiger partial charge in [0.05, 0.1) is 0 Å². The molecule has 0 heterocycles. The second kappa shape index (κ2) is 8.83. The third kappa shape index (κ3) is 4.95. The lowest BCUT2D eigenvalue weighted by Crippen LogP contribution is -2.04. The highest BCUT2D eigenvalue weighted by Gasteiger charge is 2.09. The van der Waals surface area contributed by atoms with E-state index >= 15 is 0 Å². The second-order valence-electron chi connectivity index (χ2n) is 6.43. The summed E-state index contributed by atoms with van der Waals surface area (Å²) in [5.74, 6) is 1.55. The first-order valence-electron chi connectivity index (χ1n) is 8.98. The van der Waals surface area contributed by atoms with Gasteiger partial charge in [-0.15, -0.1) is 0 Å². The minimum Gasteiger partial charge on any atom is -0.489 e. The second-order valence-corrected chi connectivity index (χ2v) is 6.86. The monoisotopic (exact) mass is 381 g/mol. The Hall–Kier alpha value is -2.65. The number of rotatable bonds is 7. The number of hydrogen-bond donors (Lipinski definition) is 1. The van der Waals surface area contributed by atoms with Crippen molar-refractivity contribution in [3.8, 4) is 11.5 Å². The van der Waals surface area contributed by atoms with E-state index in [4.69, 9.17) is 21.1 Å². The van der Waals surface area contributed by atoms with Crippen LogP contribution in [-0.4, -0.2) is 7.05 Å². The average molecular weight is 382 g/mol. The van der Waals surface area contributed by atoms with E-state index in [2.05, 4.69) is 24.4 Å². The molecule has 1 unspecified atom stereocenters. The predicted octanol–water partition coefficient (Wildman–Crippen LogP) is 6.41. The van der Waals surface area contributed by atoms with Gasteiger partial charge in [-0.05, 0) is 55.3 Å². The Labute approximate surface area is 165 Å². The normalized spacial score (nSPS) is 11.7. The van der Waals surface area contributed by atoms with Crippen molar-refractivity contribution in [2.24, 2.45) is 0 Å². The smallest absolute Gasteiger partial charge is 0.123 e. The van der Waals surface area contributed by atoms with Gasteiger partial charge in [0.15, 0.2) is 0 Å². The molecular weight excluding hydrogens is 358 g/mol. The Balaban J connectivity index is 1.68. The van der Waals surface area contributed by atoms with Gasteiger partial charge < -0.3 is 14.8 Å². The van der Waals surface area contributed by atoms with Crippen LogP contribution >= 0.6 is 11.6 Å². The van der Waals surface area contributed by atoms with Crippen molar-refractivity contribution in [3.63, 3.8) is 0 Å². The SMILES string of the molecule is CNc1cccc(C)c1COc1cccc(OC(C)c2ccc(Cl)cc2)c1. The summed E-state index contributed by atoms with van der Waals surface area (Å²) >= 11 is 5.95. The Morgan fingerprint density at radius 2 is 1.67 bits per heavy atom. The van der Waals surface area contributed by atoms with E-state index in [1.165, 1.54) is 5.56 Å². The zero-order chi connectivity index (χ0) is 19.2. The Morgan fingerprint density at radius 3 is 2.41 bits per heavy atom. The van der Waals surface area contributed by atoms with E-state index in [1.807, 2.05) is 68.6 Å². The minimum atomic E-state index is -0.0789. The fraction of sp³-hybridized carbons (Fsp3) is 0.217. The largest absolute Gasteiger partial charge is 0.489 e. The highest BCUT2D eigenvalue weighted by atomic mass is 35.5. The van der Waals surface area contributed by atoms with Crippen molar-refractivity contribution >= 4 is 17.3 Å². The summed E-state index contributed by atoms with van der Waals surface area (Å²) in [5, 5.41) is 3.94. The van der Waals surface area contributed by atoms with Gasteiger partial charge in [0, 0.05) is 29.4 Å². The van der Waals surface area contributed by atoms with E-state index in [-0.39, 0.29) is 6.10 Å². The Morgan fingerprint density at radius 1 is 0.963 bits per heavy atom. The lowest BCUT2D eigenvalue weighted by molar-refractivity contribution is 0.224. The van der Waals surface area contributed by atoms with Gasteiger partial charge in [-0.2, -0.15) is 0 Å². The Bertz CT molecular complexity index is 893. The van der Waals surface area contributed by atoms with Crippen LogP contribution in [0.1, 0.15) is 29.7 Å². The Kier molecular flexibility index (Phi) is 6.25. The quantitative estimate of drug-likeness (QED) is 0.513. The highest BCUT2D eigenvalue weighted by molar-refractivity contribution is 6.30. The van der Waals surface area contributed by atoms with Crippen LogP contribution in [0.25, 0.3) is 0 Å². The van der Waals surface area contributed by atoms with Crippen LogP contribution in [0.15, 0.2) is 66.7 Å². The average Bonchev–Trinajstić information content (AvgIpc) is 2.67. The van der Waals surface area contributed by atoms with E-state index < -0.39 is 0 Å². The van der Waals surface area contributed by atoms with Crippen molar-refractivity contribution in [2.75, 3.05) is 12.4 Å². The predicted molar refractivity (Wildman–Crippen MR) is 112 cm³/mol. The number of anilines is 1. The van der Waals surface area contributed by atoms with Crippen molar-refractivity contribution in [1.82, 2.24) is 0 Å². The van der Waals surface area contributed by atoms with E-state index in [0.717, 1.165) is 33.3 Å². The first-order chi connectivity index (χ1) is 13.1. The molecule has 27 heavy (non-hydrogen) atoms. The molecule has 3 nitrogen and oxygen atoms in total. The van der Waals surface area contributed by atoms with Crippen LogP contribution < -0.4 is 14.8 Å². The molecule has 0 aliphatic rings. The molecule has 0 saturated heterocycles. The molecule has 0 saturated carbocycles. The van der Waals surface area contributed by atoms with Gasteiger partial charge in [0.25, 0.3) is 0 Å². The third-order valence-corrected chi connectivity index (χ3v) is 4.77. The van der Waals surface area contributed by atoms with Gasteiger partial charge >= 0.3 is 0 Å². The maximum atomic E-state index is 6.07. The number of hydrogen-bond acceptors (Lipinski definition) is 3. The molecule has 4 heteroatoms. The van der Waals surface area contributed by atoms with E-state index in [1.54, 1.807) is 0 Å². The fourth-order valence-corrected chi connectivity index (χ4v) is 3.05. The zero-order valence-electron chi connectivity index (χ0n) is 15.8. The van der Waals surface area contributed by atoms with Crippen molar-refractivity contribution in [1.29, 1.82) is 0 Å². The van der Waals surface area contributed by atoms with Crippen LogP contribution in [0.4, 0.5) is 5.69 Å². The van der Waals surface area contributed by atoms with Gasteiger partial charge in [-0.25, -0.2) is 0 Å². The molecule has 1 atom stereocenters. The highest BCUT2D eigenvalue weighted by Crippen LogP contribution is 2.27. The topological polar surface area (TPSA) is 30.5 Å². The van der Waals surface area contributed by atoms with Gasteiger partial charge in [-0.3, -0.25) is 0 Å².